The van der Waals surface area contributed by atoms with E-state index in [1.165, 1.54) is 6.07 Å². The number of ether oxygens (including phenoxy) is 1. The van der Waals surface area contributed by atoms with Gasteiger partial charge in [-0.25, -0.2) is 4.39 Å². The Labute approximate surface area is 123 Å². The van der Waals surface area contributed by atoms with Gasteiger partial charge in [0.15, 0.2) is 0 Å². The Hall–Kier alpha value is -0.450. The number of halogens is 2. The van der Waals surface area contributed by atoms with Gasteiger partial charge in [-0.15, -0.1) is 0 Å². The normalized spacial score (nSPS) is 14.4. The molecule has 0 heterocycles. The maximum Gasteiger partial charge on any atom is 0.127 e. The lowest BCUT2D eigenvalue weighted by Gasteiger charge is -2.25. The van der Waals surface area contributed by atoms with Gasteiger partial charge in [0, 0.05) is 17.1 Å². The highest BCUT2D eigenvalue weighted by atomic mass is 79.9. The van der Waals surface area contributed by atoms with Crippen molar-refractivity contribution in [3.8, 4) is 0 Å². The molecule has 2 atom stereocenters. The molecule has 19 heavy (non-hydrogen) atoms. The molecule has 0 aliphatic carbocycles. The molecule has 0 saturated heterocycles. The fraction of sp³-hybridized carbons (Fsp3) is 0.600. The number of rotatable bonds is 8. The van der Waals surface area contributed by atoms with Crippen LogP contribution in [0.25, 0.3) is 0 Å². The smallest absolute Gasteiger partial charge is 0.127 e. The van der Waals surface area contributed by atoms with Crippen molar-refractivity contribution in [2.75, 3.05) is 13.2 Å². The summed E-state index contributed by atoms with van der Waals surface area (Å²) in [7, 11) is 0. The van der Waals surface area contributed by atoms with Gasteiger partial charge >= 0.3 is 0 Å². The molecular formula is C15H23BrFNO. The zero-order valence-electron chi connectivity index (χ0n) is 11.9. The van der Waals surface area contributed by atoms with Crippen molar-refractivity contribution in [2.45, 2.75) is 45.8 Å². The van der Waals surface area contributed by atoms with E-state index in [9.17, 15) is 4.39 Å². The summed E-state index contributed by atoms with van der Waals surface area (Å²) < 4.78 is 20.3. The number of benzene rings is 1. The fourth-order valence-electron chi connectivity index (χ4n) is 2.04. The maximum absolute atomic E-state index is 13.9. The van der Waals surface area contributed by atoms with Crippen LogP contribution in [0.1, 0.15) is 32.8 Å². The SMILES string of the molecule is CCCNC(Cc1ccc(Br)cc1F)C(C)OCC. The monoisotopic (exact) mass is 331 g/mol. The van der Waals surface area contributed by atoms with Crippen molar-refractivity contribution in [1.29, 1.82) is 0 Å². The summed E-state index contributed by atoms with van der Waals surface area (Å²) in [5.74, 6) is -0.165. The summed E-state index contributed by atoms with van der Waals surface area (Å²) in [6.07, 6.45) is 1.76. The van der Waals surface area contributed by atoms with Crippen LogP contribution in [-0.4, -0.2) is 25.3 Å². The van der Waals surface area contributed by atoms with Crippen LogP contribution in [0.5, 0.6) is 0 Å². The Morgan fingerprint density at radius 1 is 1.37 bits per heavy atom. The second kappa shape index (κ2) is 8.67. The first kappa shape index (κ1) is 16.6. The molecule has 0 bridgehead atoms. The van der Waals surface area contributed by atoms with Gasteiger partial charge in [0.05, 0.1) is 6.10 Å². The van der Waals surface area contributed by atoms with Crippen molar-refractivity contribution in [3.63, 3.8) is 0 Å². The van der Waals surface area contributed by atoms with E-state index >= 15 is 0 Å². The molecule has 0 radical (unpaired) electrons. The standard InChI is InChI=1S/C15H23BrFNO/c1-4-8-18-15(11(3)19-5-2)9-12-6-7-13(16)10-14(12)17/h6-7,10-11,15,18H,4-5,8-9H2,1-3H3. The maximum atomic E-state index is 13.9. The van der Waals surface area contributed by atoms with E-state index in [4.69, 9.17) is 4.74 Å². The van der Waals surface area contributed by atoms with Crippen molar-refractivity contribution in [3.05, 3.63) is 34.1 Å². The quantitative estimate of drug-likeness (QED) is 0.779. The Bertz CT molecular complexity index is 386. The van der Waals surface area contributed by atoms with Gasteiger partial charge in [-0.05, 0) is 50.9 Å². The fourth-order valence-corrected chi connectivity index (χ4v) is 2.37. The number of hydrogen-bond acceptors (Lipinski definition) is 2. The minimum absolute atomic E-state index is 0.0691. The largest absolute Gasteiger partial charge is 0.377 e. The minimum Gasteiger partial charge on any atom is -0.377 e. The minimum atomic E-state index is -0.165. The van der Waals surface area contributed by atoms with Crippen LogP contribution in [-0.2, 0) is 11.2 Å². The molecule has 0 spiro atoms. The van der Waals surface area contributed by atoms with E-state index < -0.39 is 0 Å². The first-order chi connectivity index (χ1) is 9.08. The van der Waals surface area contributed by atoms with Gasteiger partial charge in [0.1, 0.15) is 5.82 Å². The molecule has 2 nitrogen and oxygen atoms in total. The molecule has 0 aliphatic rings. The summed E-state index contributed by atoms with van der Waals surface area (Å²) in [5.41, 5.74) is 0.725. The summed E-state index contributed by atoms with van der Waals surface area (Å²) in [5, 5.41) is 3.44. The van der Waals surface area contributed by atoms with Crippen LogP contribution in [0.3, 0.4) is 0 Å². The van der Waals surface area contributed by atoms with Crippen LogP contribution in [0.2, 0.25) is 0 Å². The molecule has 0 fully saturated rings. The molecule has 0 aliphatic heterocycles. The van der Waals surface area contributed by atoms with Crippen molar-refractivity contribution in [2.24, 2.45) is 0 Å². The Morgan fingerprint density at radius 3 is 2.68 bits per heavy atom. The van der Waals surface area contributed by atoms with Gasteiger partial charge < -0.3 is 10.1 Å². The summed E-state index contributed by atoms with van der Waals surface area (Å²) >= 11 is 3.28. The van der Waals surface area contributed by atoms with Crippen molar-refractivity contribution < 1.29 is 9.13 Å². The van der Waals surface area contributed by atoms with E-state index in [0.29, 0.717) is 13.0 Å². The van der Waals surface area contributed by atoms with Gasteiger partial charge in [0.25, 0.3) is 0 Å². The highest BCUT2D eigenvalue weighted by Crippen LogP contribution is 2.18. The summed E-state index contributed by atoms with van der Waals surface area (Å²) in [4.78, 5) is 0. The average Bonchev–Trinajstić information content (AvgIpc) is 2.37. The van der Waals surface area contributed by atoms with E-state index in [-0.39, 0.29) is 18.0 Å². The molecule has 1 rings (SSSR count). The van der Waals surface area contributed by atoms with Crippen LogP contribution >= 0.6 is 15.9 Å². The molecule has 0 aromatic heterocycles. The third kappa shape index (κ3) is 5.59. The van der Waals surface area contributed by atoms with E-state index in [1.807, 2.05) is 26.0 Å². The van der Waals surface area contributed by atoms with Gasteiger partial charge in [-0.2, -0.15) is 0 Å². The molecule has 0 saturated carbocycles. The van der Waals surface area contributed by atoms with Crippen LogP contribution in [0, 0.1) is 5.82 Å². The third-order valence-electron chi connectivity index (χ3n) is 3.11. The number of hydrogen-bond donors (Lipinski definition) is 1. The predicted octanol–water partition coefficient (Wildman–Crippen LogP) is 3.92. The zero-order chi connectivity index (χ0) is 14.3. The van der Waals surface area contributed by atoms with E-state index in [1.54, 1.807) is 0 Å². The van der Waals surface area contributed by atoms with Crippen LogP contribution in [0.4, 0.5) is 4.39 Å². The van der Waals surface area contributed by atoms with Gasteiger partial charge in [-0.3, -0.25) is 0 Å². The zero-order valence-corrected chi connectivity index (χ0v) is 13.5. The topological polar surface area (TPSA) is 21.3 Å². The average molecular weight is 332 g/mol. The highest BCUT2D eigenvalue weighted by molar-refractivity contribution is 9.10. The Kier molecular flexibility index (Phi) is 7.57. The Balaban J connectivity index is 2.74. The molecule has 4 heteroatoms. The second-order valence-electron chi connectivity index (χ2n) is 4.66. The lowest BCUT2D eigenvalue weighted by molar-refractivity contribution is 0.0474. The first-order valence-electron chi connectivity index (χ1n) is 6.87. The van der Waals surface area contributed by atoms with Crippen LogP contribution < -0.4 is 5.32 Å². The van der Waals surface area contributed by atoms with Crippen LogP contribution in [0.15, 0.2) is 22.7 Å². The molecule has 0 amide bonds. The molecule has 2 unspecified atom stereocenters. The molecular weight excluding hydrogens is 309 g/mol. The molecule has 1 N–H and O–H groups in total. The van der Waals surface area contributed by atoms with E-state index in [0.717, 1.165) is 23.0 Å². The predicted molar refractivity (Wildman–Crippen MR) is 81.0 cm³/mol. The Morgan fingerprint density at radius 2 is 2.11 bits per heavy atom. The molecule has 108 valence electrons. The van der Waals surface area contributed by atoms with Crippen molar-refractivity contribution in [1.82, 2.24) is 5.32 Å². The second-order valence-corrected chi connectivity index (χ2v) is 5.58. The first-order valence-corrected chi connectivity index (χ1v) is 7.66. The third-order valence-corrected chi connectivity index (χ3v) is 3.60. The number of nitrogens with one attached hydrogen (secondary N) is 1. The van der Waals surface area contributed by atoms with Crippen molar-refractivity contribution >= 4 is 15.9 Å². The highest BCUT2D eigenvalue weighted by Gasteiger charge is 2.19. The summed E-state index contributed by atoms with van der Waals surface area (Å²) in [6, 6.07) is 5.35. The lowest BCUT2D eigenvalue weighted by Crippen LogP contribution is -2.42. The van der Waals surface area contributed by atoms with Gasteiger partial charge in [0.2, 0.25) is 0 Å². The summed E-state index contributed by atoms with van der Waals surface area (Å²) in [6.45, 7) is 7.73. The van der Waals surface area contributed by atoms with Gasteiger partial charge in [-0.1, -0.05) is 28.9 Å². The lowest BCUT2D eigenvalue weighted by atomic mass is 10.0. The molecule has 1 aromatic carbocycles. The van der Waals surface area contributed by atoms with E-state index in [2.05, 4.69) is 28.2 Å². The molecule has 1 aromatic rings.